The standard InChI is InChI=1S/C11H18O3/c1-5-6-8(2)7-10(12)9(3)11(13)14-4/h5,8,10,12H,1,3,6-7H2,2,4H3. The molecular formula is C11H18O3. The van der Waals surface area contributed by atoms with E-state index in [2.05, 4.69) is 17.9 Å². The first-order valence-corrected chi connectivity index (χ1v) is 4.59. The molecule has 0 aliphatic rings. The Bertz CT molecular complexity index is 221. The highest BCUT2D eigenvalue weighted by Crippen LogP contribution is 2.15. The summed E-state index contributed by atoms with van der Waals surface area (Å²) in [7, 11) is 1.27. The van der Waals surface area contributed by atoms with Gasteiger partial charge in [-0.05, 0) is 18.8 Å². The summed E-state index contributed by atoms with van der Waals surface area (Å²) in [6.07, 6.45) is 2.28. The Balaban J connectivity index is 4.06. The number of esters is 1. The van der Waals surface area contributed by atoms with Crippen LogP contribution >= 0.6 is 0 Å². The molecule has 0 radical (unpaired) electrons. The Morgan fingerprint density at radius 2 is 2.21 bits per heavy atom. The maximum absolute atomic E-state index is 11.0. The number of methoxy groups -OCH3 is 1. The minimum absolute atomic E-state index is 0.114. The first-order chi connectivity index (χ1) is 6.52. The van der Waals surface area contributed by atoms with Crippen molar-refractivity contribution in [2.45, 2.75) is 25.9 Å². The highest BCUT2D eigenvalue weighted by Gasteiger charge is 2.18. The van der Waals surface area contributed by atoms with Crippen LogP contribution in [-0.4, -0.2) is 24.3 Å². The van der Waals surface area contributed by atoms with Gasteiger partial charge in [0.2, 0.25) is 0 Å². The van der Waals surface area contributed by atoms with Crippen molar-refractivity contribution >= 4 is 5.97 Å². The molecule has 0 aromatic heterocycles. The molecule has 0 fully saturated rings. The Morgan fingerprint density at radius 1 is 1.64 bits per heavy atom. The van der Waals surface area contributed by atoms with Crippen LogP contribution in [0.3, 0.4) is 0 Å². The Kier molecular flexibility index (Phi) is 5.88. The highest BCUT2D eigenvalue weighted by molar-refractivity contribution is 5.88. The SMILES string of the molecule is C=CCC(C)CC(O)C(=C)C(=O)OC. The van der Waals surface area contributed by atoms with E-state index in [1.807, 2.05) is 6.92 Å². The van der Waals surface area contributed by atoms with E-state index in [1.165, 1.54) is 7.11 Å². The third-order valence-electron chi connectivity index (χ3n) is 2.04. The summed E-state index contributed by atoms with van der Waals surface area (Å²) in [6, 6.07) is 0. The molecule has 0 aliphatic carbocycles. The van der Waals surface area contributed by atoms with Crippen molar-refractivity contribution in [3.05, 3.63) is 24.8 Å². The Labute approximate surface area is 85.1 Å². The molecule has 1 N–H and O–H groups in total. The van der Waals surface area contributed by atoms with Crippen LogP contribution in [0, 0.1) is 5.92 Å². The number of carbonyl (C=O) groups is 1. The van der Waals surface area contributed by atoms with Crippen molar-refractivity contribution in [1.29, 1.82) is 0 Å². The molecule has 0 aromatic carbocycles. The molecule has 0 saturated heterocycles. The van der Waals surface area contributed by atoms with Gasteiger partial charge in [0, 0.05) is 0 Å². The van der Waals surface area contributed by atoms with Gasteiger partial charge in [-0.3, -0.25) is 0 Å². The van der Waals surface area contributed by atoms with Gasteiger partial charge in [0.15, 0.2) is 0 Å². The van der Waals surface area contributed by atoms with Crippen LogP contribution < -0.4 is 0 Å². The van der Waals surface area contributed by atoms with Crippen molar-refractivity contribution in [3.63, 3.8) is 0 Å². The third-order valence-corrected chi connectivity index (χ3v) is 2.04. The minimum atomic E-state index is -0.822. The quantitative estimate of drug-likeness (QED) is 0.401. The zero-order valence-corrected chi connectivity index (χ0v) is 8.82. The fraction of sp³-hybridized carbons (Fsp3) is 0.545. The summed E-state index contributed by atoms with van der Waals surface area (Å²) in [5.41, 5.74) is 0.114. The van der Waals surface area contributed by atoms with Crippen LogP contribution in [0.1, 0.15) is 19.8 Å². The molecule has 2 unspecified atom stereocenters. The molecule has 2 atom stereocenters. The number of aliphatic hydroxyl groups excluding tert-OH is 1. The largest absolute Gasteiger partial charge is 0.466 e. The summed E-state index contributed by atoms with van der Waals surface area (Å²) in [4.78, 5) is 11.0. The molecule has 80 valence electrons. The minimum Gasteiger partial charge on any atom is -0.466 e. The number of carbonyl (C=O) groups excluding carboxylic acids is 1. The smallest absolute Gasteiger partial charge is 0.335 e. The number of hydrogen-bond acceptors (Lipinski definition) is 3. The fourth-order valence-corrected chi connectivity index (χ4v) is 1.17. The lowest BCUT2D eigenvalue weighted by Crippen LogP contribution is -2.20. The summed E-state index contributed by atoms with van der Waals surface area (Å²) in [5.74, 6) is -0.271. The van der Waals surface area contributed by atoms with Gasteiger partial charge in [-0.15, -0.1) is 6.58 Å². The molecule has 3 nitrogen and oxygen atoms in total. The van der Waals surface area contributed by atoms with Gasteiger partial charge in [0.25, 0.3) is 0 Å². The lowest BCUT2D eigenvalue weighted by molar-refractivity contribution is -0.137. The van der Waals surface area contributed by atoms with Crippen LogP contribution in [0.25, 0.3) is 0 Å². The molecule has 14 heavy (non-hydrogen) atoms. The topological polar surface area (TPSA) is 46.5 Å². The average molecular weight is 198 g/mol. The van der Waals surface area contributed by atoms with Crippen molar-refractivity contribution in [3.8, 4) is 0 Å². The molecule has 0 aromatic rings. The molecule has 0 aliphatic heterocycles. The third kappa shape index (κ3) is 4.23. The fourth-order valence-electron chi connectivity index (χ4n) is 1.17. The number of ether oxygens (including phenoxy) is 1. The van der Waals surface area contributed by atoms with Crippen LogP contribution in [0.5, 0.6) is 0 Å². The van der Waals surface area contributed by atoms with E-state index in [-0.39, 0.29) is 11.5 Å². The monoisotopic (exact) mass is 198 g/mol. The lowest BCUT2D eigenvalue weighted by Gasteiger charge is -2.15. The molecule has 3 heteroatoms. The van der Waals surface area contributed by atoms with Gasteiger partial charge in [-0.25, -0.2) is 4.79 Å². The van der Waals surface area contributed by atoms with Crippen LogP contribution in [-0.2, 0) is 9.53 Å². The summed E-state index contributed by atoms with van der Waals surface area (Å²) >= 11 is 0. The average Bonchev–Trinajstić information content (AvgIpc) is 2.15. The molecule has 0 saturated carbocycles. The van der Waals surface area contributed by atoms with Crippen LogP contribution in [0.15, 0.2) is 24.8 Å². The Hall–Kier alpha value is -1.09. The van der Waals surface area contributed by atoms with Gasteiger partial charge < -0.3 is 9.84 Å². The van der Waals surface area contributed by atoms with E-state index < -0.39 is 12.1 Å². The molecule has 0 rings (SSSR count). The second-order valence-corrected chi connectivity index (χ2v) is 3.40. The van der Waals surface area contributed by atoms with Crippen LogP contribution in [0.4, 0.5) is 0 Å². The second kappa shape index (κ2) is 6.38. The van der Waals surface area contributed by atoms with E-state index in [9.17, 15) is 9.90 Å². The lowest BCUT2D eigenvalue weighted by atomic mass is 9.96. The summed E-state index contributed by atoms with van der Waals surface area (Å²) < 4.78 is 4.46. The first kappa shape index (κ1) is 12.9. The predicted molar refractivity (Wildman–Crippen MR) is 55.8 cm³/mol. The van der Waals surface area contributed by atoms with Crippen molar-refractivity contribution < 1.29 is 14.6 Å². The first-order valence-electron chi connectivity index (χ1n) is 4.59. The molecule has 0 bridgehead atoms. The van der Waals surface area contributed by atoms with Crippen LogP contribution in [0.2, 0.25) is 0 Å². The van der Waals surface area contributed by atoms with Gasteiger partial charge in [-0.1, -0.05) is 19.6 Å². The number of aliphatic hydroxyl groups is 1. The number of hydrogen-bond donors (Lipinski definition) is 1. The molecule has 0 amide bonds. The second-order valence-electron chi connectivity index (χ2n) is 3.40. The zero-order chi connectivity index (χ0) is 11.1. The van der Waals surface area contributed by atoms with Gasteiger partial charge in [0.1, 0.15) is 0 Å². The van der Waals surface area contributed by atoms with Crippen molar-refractivity contribution in [1.82, 2.24) is 0 Å². The van der Waals surface area contributed by atoms with Crippen molar-refractivity contribution in [2.24, 2.45) is 5.92 Å². The number of allylic oxidation sites excluding steroid dienone is 1. The van der Waals surface area contributed by atoms with E-state index in [0.29, 0.717) is 6.42 Å². The van der Waals surface area contributed by atoms with Crippen molar-refractivity contribution in [2.75, 3.05) is 7.11 Å². The van der Waals surface area contributed by atoms with Gasteiger partial charge in [-0.2, -0.15) is 0 Å². The predicted octanol–water partition coefficient (Wildman–Crippen LogP) is 1.68. The normalized spacial score (nSPS) is 14.2. The highest BCUT2D eigenvalue weighted by atomic mass is 16.5. The summed E-state index contributed by atoms with van der Waals surface area (Å²) in [5, 5.41) is 9.58. The van der Waals surface area contributed by atoms with Gasteiger partial charge >= 0.3 is 5.97 Å². The molecule has 0 spiro atoms. The molecular weight excluding hydrogens is 180 g/mol. The number of rotatable bonds is 6. The Morgan fingerprint density at radius 3 is 2.64 bits per heavy atom. The maximum atomic E-state index is 11.0. The van der Waals surface area contributed by atoms with Gasteiger partial charge in [0.05, 0.1) is 18.8 Å². The maximum Gasteiger partial charge on any atom is 0.335 e. The van der Waals surface area contributed by atoms with E-state index in [0.717, 1.165) is 6.42 Å². The van der Waals surface area contributed by atoms with E-state index in [1.54, 1.807) is 6.08 Å². The van der Waals surface area contributed by atoms with E-state index >= 15 is 0 Å². The molecule has 0 heterocycles. The summed E-state index contributed by atoms with van der Waals surface area (Å²) in [6.45, 7) is 9.08. The van der Waals surface area contributed by atoms with E-state index in [4.69, 9.17) is 0 Å². The zero-order valence-electron chi connectivity index (χ0n) is 8.82.